The molecule has 2 aromatic rings. The van der Waals surface area contributed by atoms with E-state index in [1.54, 1.807) is 11.8 Å². The Morgan fingerprint density at radius 1 is 1.24 bits per heavy atom. The lowest BCUT2D eigenvalue weighted by Gasteiger charge is -2.24. The zero-order chi connectivity index (χ0) is 14.7. The predicted molar refractivity (Wildman–Crippen MR) is 85.2 cm³/mol. The van der Waals surface area contributed by atoms with Crippen LogP contribution in [0, 0.1) is 0 Å². The highest BCUT2D eigenvalue weighted by molar-refractivity contribution is 9.10. The van der Waals surface area contributed by atoms with Crippen LogP contribution in [0.15, 0.2) is 38.2 Å². The van der Waals surface area contributed by atoms with Gasteiger partial charge >= 0.3 is 0 Å². The Morgan fingerprint density at radius 2 is 2.00 bits per heavy atom. The van der Waals surface area contributed by atoms with Gasteiger partial charge in [-0.1, -0.05) is 33.9 Å². The maximum atomic E-state index is 10.0. The molecular weight excluding hydrogens is 352 g/mol. The Hall–Kier alpha value is -0.850. The minimum Gasteiger partial charge on any atom is -0.392 e. The summed E-state index contributed by atoms with van der Waals surface area (Å²) >= 11 is 5.10. The second-order valence-electron chi connectivity index (χ2n) is 5.25. The van der Waals surface area contributed by atoms with Crippen LogP contribution in [0.3, 0.4) is 0 Å². The van der Waals surface area contributed by atoms with E-state index in [9.17, 15) is 5.11 Å². The SMILES string of the molecule is OC1CCCCC1c1nc(CSc2ccc(Br)cc2)no1. The second kappa shape index (κ2) is 6.94. The lowest BCUT2D eigenvalue weighted by Crippen LogP contribution is -2.22. The molecule has 21 heavy (non-hydrogen) atoms. The van der Waals surface area contributed by atoms with Gasteiger partial charge < -0.3 is 9.63 Å². The van der Waals surface area contributed by atoms with Crippen molar-refractivity contribution < 1.29 is 9.63 Å². The number of aliphatic hydroxyl groups is 1. The zero-order valence-corrected chi connectivity index (χ0v) is 13.9. The Labute approximate surface area is 136 Å². The molecule has 0 spiro atoms. The van der Waals surface area contributed by atoms with Gasteiger partial charge in [-0.2, -0.15) is 4.98 Å². The van der Waals surface area contributed by atoms with Crippen LogP contribution in [-0.2, 0) is 5.75 Å². The molecule has 1 fully saturated rings. The molecule has 0 radical (unpaired) electrons. The quantitative estimate of drug-likeness (QED) is 0.821. The maximum absolute atomic E-state index is 10.0. The largest absolute Gasteiger partial charge is 0.392 e. The summed E-state index contributed by atoms with van der Waals surface area (Å²) in [7, 11) is 0. The lowest BCUT2D eigenvalue weighted by molar-refractivity contribution is 0.0908. The van der Waals surface area contributed by atoms with Crippen molar-refractivity contribution >= 4 is 27.7 Å². The molecule has 1 saturated carbocycles. The van der Waals surface area contributed by atoms with Crippen molar-refractivity contribution in [2.24, 2.45) is 0 Å². The van der Waals surface area contributed by atoms with Crippen LogP contribution in [0.5, 0.6) is 0 Å². The van der Waals surface area contributed by atoms with E-state index in [0.717, 1.165) is 30.2 Å². The average molecular weight is 369 g/mol. The third-order valence-corrected chi connectivity index (χ3v) is 5.25. The van der Waals surface area contributed by atoms with Crippen molar-refractivity contribution in [3.63, 3.8) is 0 Å². The highest BCUT2D eigenvalue weighted by atomic mass is 79.9. The van der Waals surface area contributed by atoms with Gasteiger partial charge in [-0.15, -0.1) is 11.8 Å². The van der Waals surface area contributed by atoms with Crippen molar-refractivity contribution in [3.8, 4) is 0 Å². The molecule has 4 nitrogen and oxygen atoms in total. The minimum atomic E-state index is -0.342. The summed E-state index contributed by atoms with van der Waals surface area (Å²) in [6, 6.07) is 8.14. The third-order valence-electron chi connectivity index (χ3n) is 3.71. The van der Waals surface area contributed by atoms with Crippen molar-refractivity contribution in [1.29, 1.82) is 0 Å². The first-order valence-electron chi connectivity index (χ1n) is 7.11. The number of thioether (sulfide) groups is 1. The van der Waals surface area contributed by atoms with E-state index in [-0.39, 0.29) is 12.0 Å². The second-order valence-corrected chi connectivity index (χ2v) is 7.21. The fraction of sp³-hybridized carbons (Fsp3) is 0.467. The predicted octanol–water partition coefficient (Wildman–Crippen LogP) is 4.14. The molecule has 1 aliphatic carbocycles. The number of aliphatic hydroxyl groups excluding tert-OH is 1. The number of rotatable bonds is 4. The molecule has 0 amide bonds. The molecule has 1 aromatic carbocycles. The van der Waals surface area contributed by atoms with Crippen molar-refractivity contribution in [3.05, 3.63) is 40.5 Å². The highest BCUT2D eigenvalue weighted by Gasteiger charge is 2.29. The molecule has 2 unspecified atom stereocenters. The van der Waals surface area contributed by atoms with Crippen LogP contribution < -0.4 is 0 Å². The van der Waals surface area contributed by atoms with E-state index in [4.69, 9.17) is 4.52 Å². The number of nitrogens with zero attached hydrogens (tertiary/aromatic N) is 2. The molecule has 1 heterocycles. The van der Waals surface area contributed by atoms with Crippen LogP contribution >= 0.6 is 27.7 Å². The van der Waals surface area contributed by atoms with E-state index in [1.165, 1.54) is 4.90 Å². The average Bonchev–Trinajstić information content (AvgIpc) is 2.96. The Balaban J connectivity index is 1.61. The molecule has 1 aliphatic rings. The monoisotopic (exact) mass is 368 g/mol. The van der Waals surface area contributed by atoms with E-state index in [1.807, 2.05) is 12.1 Å². The number of aromatic nitrogens is 2. The van der Waals surface area contributed by atoms with Gasteiger partial charge in [-0.3, -0.25) is 0 Å². The van der Waals surface area contributed by atoms with E-state index in [0.29, 0.717) is 17.5 Å². The minimum absolute atomic E-state index is 0.0117. The Morgan fingerprint density at radius 3 is 2.76 bits per heavy atom. The normalized spacial score (nSPS) is 22.4. The van der Waals surface area contributed by atoms with Crippen molar-refractivity contribution in [2.45, 2.75) is 48.4 Å². The van der Waals surface area contributed by atoms with Crippen LogP contribution in [0.1, 0.15) is 43.3 Å². The standard InChI is InChI=1S/C15H17BrN2O2S/c16-10-5-7-11(8-6-10)21-9-14-17-15(20-18-14)12-3-1-2-4-13(12)19/h5-8,12-13,19H,1-4,9H2. The first kappa shape index (κ1) is 15.1. The summed E-state index contributed by atoms with van der Waals surface area (Å²) < 4.78 is 6.41. The topological polar surface area (TPSA) is 59.2 Å². The van der Waals surface area contributed by atoms with Gasteiger partial charge in [-0.25, -0.2) is 0 Å². The summed E-state index contributed by atoms with van der Waals surface area (Å²) in [6.07, 6.45) is 3.62. The maximum Gasteiger partial charge on any atom is 0.232 e. The van der Waals surface area contributed by atoms with E-state index in [2.05, 4.69) is 38.2 Å². The summed E-state index contributed by atoms with van der Waals surface area (Å²) in [5.41, 5.74) is 0. The fourth-order valence-corrected chi connectivity index (χ4v) is 3.56. The first-order valence-corrected chi connectivity index (χ1v) is 8.89. The number of hydrogen-bond donors (Lipinski definition) is 1. The lowest BCUT2D eigenvalue weighted by atomic mass is 9.86. The molecule has 2 atom stereocenters. The van der Waals surface area contributed by atoms with Crippen molar-refractivity contribution in [2.75, 3.05) is 0 Å². The highest BCUT2D eigenvalue weighted by Crippen LogP contribution is 2.32. The van der Waals surface area contributed by atoms with E-state index < -0.39 is 0 Å². The zero-order valence-electron chi connectivity index (χ0n) is 11.5. The molecule has 1 N–H and O–H groups in total. The summed E-state index contributed by atoms with van der Waals surface area (Å²) in [5.74, 6) is 1.97. The van der Waals surface area contributed by atoms with Crippen LogP contribution in [0.25, 0.3) is 0 Å². The number of hydrogen-bond acceptors (Lipinski definition) is 5. The first-order chi connectivity index (χ1) is 10.2. The summed E-state index contributed by atoms with van der Waals surface area (Å²) in [6.45, 7) is 0. The Kier molecular flexibility index (Phi) is 4.98. The molecule has 0 aliphatic heterocycles. The molecular formula is C15H17BrN2O2S. The fourth-order valence-electron chi connectivity index (χ4n) is 2.55. The number of halogens is 1. The molecule has 0 bridgehead atoms. The Bertz CT molecular complexity index is 588. The number of benzene rings is 1. The molecule has 112 valence electrons. The van der Waals surface area contributed by atoms with Gasteiger partial charge in [0.2, 0.25) is 5.89 Å². The van der Waals surface area contributed by atoms with E-state index >= 15 is 0 Å². The van der Waals surface area contributed by atoms with Crippen molar-refractivity contribution in [1.82, 2.24) is 10.1 Å². The van der Waals surface area contributed by atoms with Gasteiger partial charge in [0.1, 0.15) is 0 Å². The van der Waals surface area contributed by atoms with Gasteiger partial charge in [0, 0.05) is 9.37 Å². The summed E-state index contributed by atoms with van der Waals surface area (Å²) in [5, 5.41) is 14.1. The molecule has 0 saturated heterocycles. The smallest absolute Gasteiger partial charge is 0.232 e. The van der Waals surface area contributed by atoms with Crippen LogP contribution in [0.2, 0.25) is 0 Å². The third kappa shape index (κ3) is 3.87. The van der Waals surface area contributed by atoms with Gasteiger partial charge in [0.15, 0.2) is 5.82 Å². The van der Waals surface area contributed by atoms with Gasteiger partial charge in [0.25, 0.3) is 0 Å². The summed E-state index contributed by atoms with van der Waals surface area (Å²) in [4.78, 5) is 5.62. The molecule has 6 heteroatoms. The van der Waals surface area contributed by atoms with Gasteiger partial charge in [0.05, 0.1) is 17.8 Å². The molecule has 3 rings (SSSR count). The molecule has 1 aromatic heterocycles. The van der Waals surface area contributed by atoms with Crippen LogP contribution in [0.4, 0.5) is 0 Å². The van der Waals surface area contributed by atoms with Crippen LogP contribution in [-0.4, -0.2) is 21.4 Å². The van der Waals surface area contributed by atoms with Gasteiger partial charge in [-0.05, 0) is 37.1 Å².